The van der Waals surface area contributed by atoms with Crippen LogP contribution in [0.4, 0.5) is 4.39 Å². The molecule has 4 aromatic rings. The van der Waals surface area contributed by atoms with Gasteiger partial charge in [-0.2, -0.15) is 0 Å². The van der Waals surface area contributed by atoms with E-state index in [9.17, 15) is 14.0 Å². The largest absolute Gasteiger partial charge is 0.487 e. The van der Waals surface area contributed by atoms with Crippen LogP contribution in [0.3, 0.4) is 0 Å². The van der Waals surface area contributed by atoms with E-state index in [-0.39, 0.29) is 18.0 Å². The number of rotatable bonds is 5. The zero-order chi connectivity index (χ0) is 21.3. The number of pyridine rings is 2. The first kappa shape index (κ1) is 19.3. The van der Waals surface area contributed by atoms with Gasteiger partial charge in [-0.25, -0.2) is 4.39 Å². The molecule has 30 heavy (non-hydrogen) atoms. The van der Waals surface area contributed by atoms with Crippen LogP contribution in [0, 0.1) is 12.7 Å². The van der Waals surface area contributed by atoms with E-state index in [2.05, 4.69) is 4.98 Å². The number of carbonyl (C=O) groups excluding carboxylic acids is 1. The lowest BCUT2D eigenvalue weighted by Gasteiger charge is -2.14. The number of amides is 1. The van der Waals surface area contributed by atoms with Crippen molar-refractivity contribution in [2.75, 3.05) is 0 Å². The first-order valence-electron chi connectivity index (χ1n) is 9.22. The molecule has 0 spiro atoms. The molecule has 6 nitrogen and oxygen atoms in total. The van der Waals surface area contributed by atoms with Crippen molar-refractivity contribution in [2.45, 2.75) is 13.5 Å². The molecular formula is C23H18FN3O3. The summed E-state index contributed by atoms with van der Waals surface area (Å²) >= 11 is 0. The minimum Gasteiger partial charge on any atom is -0.487 e. The van der Waals surface area contributed by atoms with Crippen molar-refractivity contribution in [1.82, 2.24) is 9.55 Å². The molecular weight excluding hydrogens is 385 g/mol. The third-order valence-electron chi connectivity index (χ3n) is 4.73. The lowest BCUT2D eigenvalue weighted by molar-refractivity contribution is 0.0999. The molecule has 0 saturated heterocycles. The molecule has 7 heteroatoms. The molecule has 0 aliphatic rings. The molecule has 4 rings (SSSR count). The van der Waals surface area contributed by atoms with Crippen LogP contribution in [-0.4, -0.2) is 15.5 Å². The fraction of sp³-hybridized carbons (Fsp3) is 0.0870. The summed E-state index contributed by atoms with van der Waals surface area (Å²) in [6, 6.07) is 14.7. The number of ether oxygens (including phenoxy) is 1. The van der Waals surface area contributed by atoms with Gasteiger partial charge in [-0.05, 0) is 61.0 Å². The normalized spacial score (nSPS) is 10.9. The Morgan fingerprint density at radius 1 is 1.13 bits per heavy atom. The molecule has 0 aliphatic carbocycles. The molecule has 1 amide bonds. The lowest BCUT2D eigenvalue weighted by Crippen LogP contribution is -2.24. The maximum absolute atomic E-state index is 13.3. The van der Waals surface area contributed by atoms with Gasteiger partial charge in [-0.15, -0.1) is 0 Å². The van der Waals surface area contributed by atoms with E-state index in [1.54, 1.807) is 35.0 Å². The fourth-order valence-corrected chi connectivity index (χ4v) is 3.16. The number of carbonyl (C=O) groups is 1. The van der Waals surface area contributed by atoms with Crippen LogP contribution in [0.15, 0.2) is 71.8 Å². The smallest absolute Gasteiger partial charge is 0.254 e. The van der Waals surface area contributed by atoms with Gasteiger partial charge in [-0.3, -0.25) is 14.6 Å². The van der Waals surface area contributed by atoms with Crippen molar-refractivity contribution < 1.29 is 13.9 Å². The monoisotopic (exact) mass is 403 g/mol. The second-order valence-corrected chi connectivity index (χ2v) is 6.86. The second-order valence-electron chi connectivity index (χ2n) is 6.86. The van der Waals surface area contributed by atoms with E-state index in [0.717, 1.165) is 11.3 Å². The number of primary amides is 1. The molecule has 2 heterocycles. The number of hydrogen-bond donors (Lipinski definition) is 1. The highest BCUT2D eigenvalue weighted by Crippen LogP contribution is 2.21. The van der Waals surface area contributed by atoms with Crippen LogP contribution in [-0.2, 0) is 6.61 Å². The molecule has 0 atom stereocenters. The van der Waals surface area contributed by atoms with Crippen molar-refractivity contribution >= 4 is 16.8 Å². The molecule has 0 unspecified atom stereocenters. The summed E-state index contributed by atoms with van der Waals surface area (Å²) in [5.74, 6) is -0.607. The second kappa shape index (κ2) is 7.79. The minimum absolute atomic E-state index is 0.146. The van der Waals surface area contributed by atoms with Gasteiger partial charge < -0.3 is 15.0 Å². The Kier molecular flexibility index (Phi) is 5.02. The number of nitrogens with two attached hydrogens (primary N) is 1. The molecule has 0 bridgehead atoms. The fourth-order valence-electron chi connectivity index (χ4n) is 3.16. The number of hydrogen-bond acceptors (Lipinski definition) is 4. The summed E-state index contributed by atoms with van der Waals surface area (Å²) in [6.45, 7) is 2.10. The predicted molar refractivity (Wildman–Crippen MR) is 111 cm³/mol. The van der Waals surface area contributed by atoms with Crippen LogP contribution in [0.25, 0.3) is 16.6 Å². The third kappa shape index (κ3) is 3.77. The summed E-state index contributed by atoms with van der Waals surface area (Å²) in [6.07, 6.45) is 3.01. The average Bonchev–Trinajstić information content (AvgIpc) is 2.74. The summed E-state index contributed by atoms with van der Waals surface area (Å²) in [7, 11) is 0. The Morgan fingerprint density at radius 3 is 2.57 bits per heavy atom. The van der Waals surface area contributed by atoms with Crippen molar-refractivity contribution in [1.29, 1.82) is 0 Å². The van der Waals surface area contributed by atoms with Crippen LogP contribution in [0.5, 0.6) is 5.75 Å². The molecule has 2 N–H and O–H groups in total. The maximum atomic E-state index is 13.3. The zero-order valence-electron chi connectivity index (χ0n) is 16.1. The summed E-state index contributed by atoms with van der Waals surface area (Å²) in [5.41, 5.74) is 7.60. The Morgan fingerprint density at radius 2 is 1.90 bits per heavy atom. The van der Waals surface area contributed by atoms with Gasteiger partial charge in [-0.1, -0.05) is 6.07 Å². The Hall–Kier alpha value is -4.00. The van der Waals surface area contributed by atoms with Gasteiger partial charge in [0.2, 0.25) is 5.43 Å². The number of aromatic nitrogens is 2. The Balaban J connectivity index is 1.79. The number of nitrogens with zero attached hydrogens (tertiary/aromatic N) is 2. The topological polar surface area (TPSA) is 87.2 Å². The van der Waals surface area contributed by atoms with Gasteiger partial charge in [0.15, 0.2) is 0 Å². The highest BCUT2D eigenvalue weighted by Gasteiger charge is 2.15. The highest BCUT2D eigenvalue weighted by atomic mass is 19.1. The average molecular weight is 403 g/mol. The summed E-state index contributed by atoms with van der Waals surface area (Å²) in [5, 5.41) is 0.318. The SMILES string of the molecule is Cc1ccc(OCc2ccc3c(c2)c(=O)c(C(N)=O)cn3-c2ccc(F)cc2)cn1. The van der Waals surface area contributed by atoms with Gasteiger partial charge >= 0.3 is 0 Å². The highest BCUT2D eigenvalue weighted by molar-refractivity contribution is 5.96. The van der Waals surface area contributed by atoms with Gasteiger partial charge in [0.25, 0.3) is 5.91 Å². The predicted octanol–water partition coefficient (Wildman–Crippen LogP) is 3.51. The molecule has 2 aromatic carbocycles. The molecule has 2 aromatic heterocycles. The molecule has 0 saturated carbocycles. The van der Waals surface area contributed by atoms with E-state index in [1.807, 2.05) is 25.1 Å². The van der Waals surface area contributed by atoms with Crippen molar-refractivity contribution in [3.05, 3.63) is 99.9 Å². The number of aryl methyl sites for hydroxylation is 1. The number of halogens is 1. The van der Waals surface area contributed by atoms with E-state index < -0.39 is 11.3 Å². The molecule has 150 valence electrons. The van der Waals surface area contributed by atoms with E-state index >= 15 is 0 Å². The van der Waals surface area contributed by atoms with E-state index in [0.29, 0.717) is 22.3 Å². The molecule has 0 fully saturated rings. The van der Waals surface area contributed by atoms with Crippen molar-refractivity contribution in [3.63, 3.8) is 0 Å². The molecule has 0 aliphatic heterocycles. The zero-order valence-corrected chi connectivity index (χ0v) is 16.1. The van der Waals surface area contributed by atoms with Crippen LogP contribution >= 0.6 is 0 Å². The summed E-state index contributed by atoms with van der Waals surface area (Å²) < 4.78 is 20.7. The van der Waals surface area contributed by atoms with Crippen LogP contribution < -0.4 is 15.9 Å². The Labute approximate surface area is 171 Å². The van der Waals surface area contributed by atoms with Gasteiger partial charge in [0.1, 0.15) is 23.7 Å². The first-order valence-corrected chi connectivity index (χ1v) is 9.22. The molecule has 0 radical (unpaired) electrons. The maximum Gasteiger partial charge on any atom is 0.254 e. The Bertz CT molecular complexity index is 1300. The standard InChI is InChI=1S/C23H18FN3O3/c1-14-2-8-18(11-26-14)30-13-15-3-9-21-19(10-15)22(28)20(23(25)29)12-27(21)17-6-4-16(24)5-7-17/h2-12H,13H2,1H3,(H2,25,29). The van der Waals surface area contributed by atoms with Crippen LogP contribution in [0.2, 0.25) is 0 Å². The van der Waals surface area contributed by atoms with Gasteiger partial charge in [0, 0.05) is 23.0 Å². The quantitative estimate of drug-likeness (QED) is 0.552. The van der Waals surface area contributed by atoms with Crippen molar-refractivity contribution in [3.8, 4) is 11.4 Å². The van der Waals surface area contributed by atoms with Gasteiger partial charge in [0.05, 0.1) is 11.7 Å². The number of benzene rings is 2. The van der Waals surface area contributed by atoms with Crippen LogP contribution in [0.1, 0.15) is 21.6 Å². The number of fused-ring (bicyclic) bond motifs is 1. The third-order valence-corrected chi connectivity index (χ3v) is 4.73. The van der Waals surface area contributed by atoms with Crippen molar-refractivity contribution in [2.24, 2.45) is 5.73 Å². The minimum atomic E-state index is -0.829. The first-order chi connectivity index (χ1) is 14.4. The van der Waals surface area contributed by atoms with E-state index in [1.165, 1.54) is 18.3 Å². The summed E-state index contributed by atoms with van der Waals surface area (Å²) in [4.78, 5) is 28.9. The lowest BCUT2D eigenvalue weighted by atomic mass is 10.1. The van der Waals surface area contributed by atoms with E-state index in [4.69, 9.17) is 10.5 Å².